The molecule has 0 aliphatic rings. The summed E-state index contributed by atoms with van der Waals surface area (Å²) >= 11 is 0. The van der Waals surface area contributed by atoms with Gasteiger partial charge in [-0.25, -0.2) is 0 Å². The lowest BCUT2D eigenvalue weighted by atomic mass is 10.1. The van der Waals surface area contributed by atoms with Crippen LogP contribution in [-0.4, -0.2) is 4.57 Å². The zero-order chi connectivity index (χ0) is 10.6. The van der Waals surface area contributed by atoms with E-state index in [0.717, 1.165) is 24.2 Å². The molecule has 1 aromatic heterocycles. The molecular formula is C11H17N3. The van der Waals surface area contributed by atoms with Crippen LogP contribution in [0.5, 0.6) is 0 Å². The van der Waals surface area contributed by atoms with Gasteiger partial charge in [-0.3, -0.25) is 0 Å². The van der Waals surface area contributed by atoms with Crippen molar-refractivity contribution >= 4 is 5.69 Å². The van der Waals surface area contributed by atoms with Gasteiger partial charge in [0.1, 0.15) is 11.8 Å². The maximum atomic E-state index is 8.80. The van der Waals surface area contributed by atoms with Gasteiger partial charge in [0, 0.05) is 12.7 Å². The highest BCUT2D eigenvalue weighted by Crippen LogP contribution is 2.18. The highest BCUT2D eigenvalue weighted by atomic mass is 15.0. The Kier molecular flexibility index (Phi) is 3.58. The molecule has 0 spiro atoms. The van der Waals surface area contributed by atoms with E-state index in [4.69, 9.17) is 11.0 Å². The van der Waals surface area contributed by atoms with Crippen molar-refractivity contribution < 1.29 is 0 Å². The lowest BCUT2D eigenvalue weighted by molar-refractivity contribution is 0.685. The Bertz CT molecular complexity index is 344. The highest BCUT2D eigenvalue weighted by Gasteiger charge is 2.08. The molecule has 0 aliphatic heterocycles. The number of unbranched alkanes of at least 4 members (excludes halogenated alkanes) is 2. The predicted octanol–water partition coefficient (Wildman–Crippen LogP) is 2.21. The van der Waals surface area contributed by atoms with E-state index in [1.54, 1.807) is 6.07 Å². The van der Waals surface area contributed by atoms with E-state index < -0.39 is 0 Å². The molecule has 14 heavy (non-hydrogen) atoms. The van der Waals surface area contributed by atoms with Gasteiger partial charge >= 0.3 is 0 Å². The lowest BCUT2D eigenvalue weighted by Crippen LogP contribution is -2.01. The Balaban J connectivity index is 2.76. The minimum atomic E-state index is 0.647. The molecule has 3 heteroatoms. The van der Waals surface area contributed by atoms with Crippen molar-refractivity contribution in [2.75, 3.05) is 5.73 Å². The van der Waals surface area contributed by atoms with Crippen molar-refractivity contribution in [3.05, 3.63) is 17.5 Å². The minimum absolute atomic E-state index is 0.647. The minimum Gasteiger partial charge on any atom is -0.397 e. The molecule has 0 amide bonds. The second kappa shape index (κ2) is 4.71. The van der Waals surface area contributed by atoms with Crippen LogP contribution in [0.4, 0.5) is 5.69 Å². The molecule has 1 heterocycles. The van der Waals surface area contributed by atoms with Crippen molar-refractivity contribution in [2.24, 2.45) is 7.05 Å². The normalized spacial score (nSPS) is 10.1. The van der Waals surface area contributed by atoms with Crippen LogP contribution >= 0.6 is 0 Å². The van der Waals surface area contributed by atoms with Crippen LogP contribution in [0.25, 0.3) is 0 Å². The molecule has 1 rings (SSSR count). The summed E-state index contributed by atoms with van der Waals surface area (Å²) in [6.07, 6.45) is 4.53. The van der Waals surface area contributed by atoms with Gasteiger partial charge in [-0.1, -0.05) is 19.8 Å². The third-order valence-electron chi connectivity index (χ3n) is 2.52. The molecule has 0 aromatic carbocycles. The molecule has 0 saturated carbocycles. The van der Waals surface area contributed by atoms with E-state index in [0.29, 0.717) is 5.69 Å². The van der Waals surface area contributed by atoms with Crippen LogP contribution in [0.3, 0.4) is 0 Å². The third-order valence-corrected chi connectivity index (χ3v) is 2.52. The number of nitrogens with two attached hydrogens (primary N) is 1. The number of hydrogen-bond acceptors (Lipinski definition) is 2. The summed E-state index contributed by atoms with van der Waals surface area (Å²) in [5, 5.41) is 8.80. The summed E-state index contributed by atoms with van der Waals surface area (Å²) in [7, 11) is 1.90. The van der Waals surface area contributed by atoms with Gasteiger partial charge in [-0.2, -0.15) is 5.26 Å². The zero-order valence-corrected chi connectivity index (χ0v) is 8.88. The summed E-state index contributed by atoms with van der Waals surface area (Å²) in [5.41, 5.74) is 8.32. The zero-order valence-electron chi connectivity index (χ0n) is 8.88. The average molecular weight is 191 g/mol. The van der Waals surface area contributed by atoms with Gasteiger partial charge in [-0.15, -0.1) is 0 Å². The first-order valence-electron chi connectivity index (χ1n) is 5.04. The quantitative estimate of drug-likeness (QED) is 0.742. The number of rotatable bonds is 4. The van der Waals surface area contributed by atoms with Gasteiger partial charge in [-0.05, 0) is 18.9 Å². The fourth-order valence-corrected chi connectivity index (χ4v) is 1.63. The summed E-state index contributed by atoms with van der Waals surface area (Å²) in [4.78, 5) is 0. The summed E-state index contributed by atoms with van der Waals surface area (Å²) in [5.74, 6) is 0. The molecular weight excluding hydrogens is 174 g/mol. The number of nitrogen functional groups attached to an aromatic ring is 1. The first kappa shape index (κ1) is 10.6. The van der Waals surface area contributed by atoms with Gasteiger partial charge in [0.05, 0.1) is 5.69 Å². The molecule has 0 aliphatic carbocycles. The molecule has 0 radical (unpaired) electrons. The van der Waals surface area contributed by atoms with Gasteiger partial charge < -0.3 is 10.3 Å². The second-order valence-electron chi connectivity index (χ2n) is 3.56. The fourth-order valence-electron chi connectivity index (χ4n) is 1.63. The monoisotopic (exact) mass is 191 g/mol. The van der Waals surface area contributed by atoms with Crippen molar-refractivity contribution in [1.82, 2.24) is 4.57 Å². The number of nitriles is 1. The second-order valence-corrected chi connectivity index (χ2v) is 3.56. The fraction of sp³-hybridized carbons (Fsp3) is 0.545. The number of nitrogens with zero attached hydrogens (tertiary/aromatic N) is 2. The van der Waals surface area contributed by atoms with Crippen LogP contribution in [0.2, 0.25) is 0 Å². The van der Waals surface area contributed by atoms with Crippen molar-refractivity contribution in [2.45, 2.75) is 32.6 Å². The maximum Gasteiger partial charge on any atom is 0.122 e. The largest absolute Gasteiger partial charge is 0.397 e. The van der Waals surface area contributed by atoms with Crippen molar-refractivity contribution in [3.63, 3.8) is 0 Å². The Morgan fingerprint density at radius 2 is 2.21 bits per heavy atom. The first-order chi connectivity index (χ1) is 6.70. The Labute approximate surface area is 85.1 Å². The Morgan fingerprint density at radius 3 is 2.71 bits per heavy atom. The molecule has 3 nitrogen and oxygen atoms in total. The summed E-state index contributed by atoms with van der Waals surface area (Å²) < 4.78 is 1.89. The highest BCUT2D eigenvalue weighted by molar-refractivity contribution is 5.50. The molecule has 2 N–H and O–H groups in total. The molecule has 0 saturated heterocycles. The first-order valence-corrected chi connectivity index (χ1v) is 5.04. The van der Waals surface area contributed by atoms with E-state index in [9.17, 15) is 0 Å². The Hall–Kier alpha value is -1.43. The van der Waals surface area contributed by atoms with E-state index in [1.165, 1.54) is 12.8 Å². The average Bonchev–Trinajstić information content (AvgIpc) is 2.45. The number of aromatic nitrogens is 1. The standard InChI is InChI=1S/C11H17N3/c1-3-4-5-6-11-10(13)7-9(8-12)14(11)2/h7H,3-6,13H2,1-2H3. The SMILES string of the molecule is CCCCCc1c(N)cc(C#N)n1C. The predicted molar refractivity (Wildman–Crippen MR) is 57.8 cm³/mol. The molecule has 0 fully saturated rings. The molecule has 0 bridgehead atoms. The van der Waals surface area contributed by atoms with E-state index in [-0.39, 0.29) is 0 Å². The Morgan fingerprint density at radius 1 is 1.50 bits per heavy atom. The van der Waals surface area contributed by atoms with Crippen LogP contribution in [-0.2, 0) is 13.5 Å². The van der Waals surface area contributed by atoms with Crippen LogP contribution < -0.4 is 5.73 Å². The number of hydrogen-bond donors (Lipinski definition) is 1. The number of anilines is 1. The maximum absolute atomic E-state index is 8.80. The van der Waals surface area contributed by atoms with Crippen LogP contribution in [0, 0.1) is 11.3 Å². The molecule has 1 aromatic rings. The van der Waals surface area contributed by atoms with Crippen LogP contribution in [0.1, 0.15) is 37.6 Å². The summed E-state index contributed by atoms with van der Waals surface area (Å²) in [6.45, 7) is 2.18. The third kappa shape index (κ3) is 2.08. The smallest absolute Gasteiger partial charge is 0.122 e. The molecule has 76 valence electrons. The molecule has 0 unspecified atom stereocenters. The molecule has 0 atom stereocenters. The lowest BCUT2D eigenvalue weighted by Gasteiger charge is -2.04. The van der Waals surface area contributed by atoms with Crippen molar-refractivity contribution in [3.8, 4) is 6.07 Å². The topological polar surface area (TPSA) is 54.7 Å². The van der Waals surface area contributed by atoms with Crippen LogP contribution in [0.15, 0.2) is 6.07 Å². The van der Waals surface area contributed by atoms with Gasteiger partial charge in [0.15, 0.2) is 0 Å². The van der Waals surface area contributed by atoms with E-state index >= 15 is 0 Å². The van der Waals surface area contributed by atoms with Crippen molar-refractivity contribution in [1.29, 1.82) is 5.26 Å². The van der Waals surface area contributed by atoms with Gasteiger partial charge in [0.25, 0.3) is 0 Å². The van der Waals surface area contributed by atoms with E-state index in [2.05, 4.69) is 13.0 Å². The summed E-state index contributed by atoms with van der Waals surface area (Å²) in [6, 6.07) is 3.88. The van der Waals surface area contributed by atoms with E-state index in [1.807, 2.05) is 11.6 Å². The van der Waals surface area contributed by atoms with Gasteiger partial charge in [0.2, 0.25) is 0 Å².